The van der Waals surface area contributed by atoms with E-state index in [-0.39, 0.29) is 5.91 Å². The number of aliphatic carboxylic acids is 2. The lowest BCUT2D eigenvalue weighted by atomic mass is 10.0. The molecule has 2 atom stereocenters. The van der Waals surface area contributed by atoms with Gasteiger partial charge >= 0.3 is 11.9 Å². The Morgan fingerprint density at radius 3 is 2.48 bits per heavy atom. The van der Waals surface area contributed by atoms with Crippen LogP contribution in [0.15, 0.2) is 48.5 Å². The van der Waals surface area contributed by atoms with Gasteiger partial charge in [-0.05, 0) is 41.8 Å². The molecule has 0 unspecified atom stereocenters. The third-order valence-corrected chi connectivity index (χ3v) is 5.64. The molecule has 3 aromatic rings. The highest BCUT2D eigenvalue weighted by atomic mass is 35.5. The van der Waals surface area contributed by atoms with Crippen LogP contribution in [0.25, 0.3) is 10.9 Å². The van der Waals surface area contributed by atoms with E-state index in [0.717, 1.165) is 22.0 Å². The number of halogens is 1. The summed E-state index contributed by atoms with van der Waals surface area (Å²) < 4.78 is 0. The van der Waals surface area contributed by atoms with E-state index in [1.165, 1.54) is 4.90 Å². The number of carbonyl (C=O) groups is 3. The molecule has 9 heteroatoms. The van der Waals surface area contributed by atoms with Crippen molar-refractivity contribution in [3.05, 3.63) is 70.4 Å². The molecule has 4 N–H and O–H groups in total. The van der Waals surface area contributed by atoms with Crippen molar-refractivity contribution in [1.82, 2.24) is 15.2 Å². The number of rotatable bonds is 7. The molecule has 1 aromatic heterocycles. The molecule has 1 aliphatic carbocycles. The second-order valence-electron chi connectivity index (χ2n) is 7.53. The van der Waals surface area contributed by atoms with Gasteiger partial charge in [0.15, 0.2) is 0 Å². The smallest absolute Gasteiger partial charge is 0.317 e. The van der Waals surface area contributed by atoms with Crippen LogP contribution < -0.4 is 5.32 Å². The van der Waals surface area contributed by atoms with Gasteiger partial charge in [-0.2, -0.15) is 0 Å². The average molecular weight is 442 g/mol. The largest absolute Gasteiger partial charge is 0.480 e. The number of fused-ring (bicyclic) bond motifs is 2. The van der Waals surface area contributed by atoms with Gasteiger partial charge < -0.3 is 20.5 Å². The van der Waals surface area contributed by atoms with Gasteiger partial charge in [0.05, 0.1) is 25.2 Å². The van der Waals surface area contributed by atoms with E-state index in [1.807, 2.05) is 24.3 Å². The number of nitrogens with zero attached hydrogens (tertiary/aromatic N) is 1. The summed E-state index contributed by atoms with van der Waals surface area (Å²) in [6.45, 7) is -0.912. The molecule has 4 rings (SSSR count). The van der Waals surface area contributed by atoms with Gasteiger partial charge in [0.25, 0.3) is 5.91 Å². The number of hydrogen-bond donors (Lipinski definition) is 4. The first-order chi connectivity index (χ1) is 14.8. The zero-order valence-electron chi connectivity index (χ0n) is 16.3. The first kappa shape index (κ1) is 20.9. The molecule has 0 bridgehead atoms. The van der Waals surface area contributed by atoms with Crippen LogP contribution in [0.3, 0.4) is 0 Å². The molecular weight excluding hydrogens is 422 g/mol. The lowest BCUT2D eigenvalue weighted by molar-refractivity contribution is -0.143. The Morgan fingerprint density at radius 1 is 1.06 bits per heavy atom. The number of aromatic amines is 1. The standard InChI is InChI=1S/C22H20ClN3O5/c23-14-5-6-16-13(7-14)9-18(24-16)22(31)25-17-8-12-3-1-2-4-15(12)21(17)26(10-19(27)28)11-20(29)30/h1-7,9,17,21,24H,8,10-11H2,(H,25,31)(H,27,28)(H,29,30)/t17-,21-/m1/s1. The molecule has 0 fully saturated rings. The van der Waals surface area contributed by atoms with Gasteiger partial charge in [0.2, 0.25) is 0 Å². The van der Waals surface area contributed by atoms with Gasteiger partial charge in [-0.3, -0.25) is 19.3 Å². The topological polar surface area (TPSA) is 123 Å². The first-order valence-electron chi connectivity index (χ1n) is 9.66. The Labute approximate surface area is 182 Å². The molecule has 0 radical (unpaired) electrons. The monoisotopic (exact) mass is 441 g/mol. The lowest BCUT2D eigenvalue weighted by Crippen LogP contribution is -2.47. The summed E-state index contributed by atoms with van der Waals surface area (Å²) in [4.78, 5) is 40.2. The number of hydrogen-bond acceptors (Lipinski definition) is 4. The number of carboxylic acid groups (broad SMARTS) is 2. The molecule has 2 aromatic carbocycles. The molecular formula is C22H20ClN3O5. The summed E-state index contributed by atoms with van der Waals surface area (Å²) >= 11 is 6.02. The van der Waals surface area contributed by atoms with Crippen LogP contribution in [-0.2, 0) is 16.0 Å². The summed E-state index contributed by atoms with van der Waals surface area (Å²) in [7, 11) is 0. The Hall–Kier alpha value is -3.36. The van der Waals surface area contributed by atoms with Crippen molar-refractivity contribution < 1.29 is 24.6 Å². The number of amides is 1. The minimum absolute atomic E-state index is 0.343. The summed E-state index contributed by atoms with van der Waals surface area (Å²) in [6.07, 6.45) is 0.467. The summed E-state index contributed by atoms with van der Waals surface area (Å²) in [5, 5.41) is 22.9. The quantitative estimate of drug-likeness (QED) is 0.447. The molecule has 8 nitrogen and oxygen atoms in total. The van der Waals surface area contributed by atoms with Crippen molar-refractivity contribution in [2.75, 3.05) is 13.1 Å². The molecule has 0 saturated heterocycles. The summed E-state index contributed by atoms with van der Waals surface area (Å²) in [6, 6.07) is 13.3. The van der Waals surface area contributed by atoms with Crippen LogP contribution in [0, 0.1) is 0 Å². The lowest BCUT2D eigenvalue weighted by Gasteiger charge is -2.31. The van der Waals surface area contributed by atoms with Crippen molar-refractivity contribution in [3.63, 3.8) is 0 Å². The van der Waals surface area contributed by atoms with Crippen LogP contribution in [0.1, 0.15) is 27.7 Å². The second kappa shape index (κ2) is 8.41. The minimum atomic E-state index is -1.14. The Kier molecular flexibility index (Phi) is 5.67. The van der Waals surface area contributed by atoms with Gasteiger partial charge in [-0.25, -0.2) is 0 Å². The van der Waals surface area contributed by atoms with Crippen LogP contribution in [0.4, 0.5) is 0 Å². The molecule has 0 saturated carbocycles. The predicted molar refractivity (Wildman–Crippen MR) is 114 cm³/mol. The van der Waals surface area contributed by atoms with E-state index in [0.29, 0.717) is 17.1 Å². The van der Waals surface area contributed by atoms with Gasteiger partial charge in [-0.1, -0.05) is 35.9 Å². The molecule has 1 heterocycles. The van der Waals surface area contributed by atoms with Crippen LogP contribution in [0.2, 0.25) is 5.02 Å². The zero-order chi connectivity index (χ0) is 22.1. The van der Waals surface area contributed by atoms with E-state index in [2.05, 4.69) is 10.3 Å². The molecule has 1 amide bonds. The maximum atomic E-state index is 13.0. The first-order valence-corrected chi connectivity index (χ1v) is 10.0. The molecule has 0 spiro atoms. The van der Waals surface area contributed by atoms with Crippen molar-refractivity contribution >= 4 is 40.3 Å². The number of H-pyrrole nitrogens is 1. The fourth-order valence-electron chi connectivity index (χ4n) is 4.23. The van der Waals surface area contributed by atoms with E-state index in [1.54, 1.807) is 24.3 Å². The molecule has 0 aliphatic heterocycles. The van der Waals surface area contributed by atoms with Gasteiger partial charge in [0, 0.05) is 15.9 Å². The van der Waals surface area contributed by atoms with Gasteiger partial charge in [0.1, 0.15) is 5.69 Å². The van der Waals surface area contributed by atoms with Crippen molar-refractivity contribution in [3.8, 4) is 0 Å². The van der Waals surface area contributed by atoms with Crippen molar-refractivity contribution in [1.29, 1.82) is 0 Å². The highest BCUT2D eigenvalue weighted by Crippen LogP contribution is 2.36. The fourth-order valence-corrected chi connectivity index (χ4v) is 4.41. The third-order valence-electron chi connectivity index (χ3n) is 5.41. The number of aromatic nitrogens is 1. The van der Waals surface area contributed by atoms with Crippen LogP contribution >= 0.6 is 11.6 Å². The normalized spacial score (nSPS) is 17.6. The summed E-state index contributed by atoms with van der Waals surface area (Å²) in [5.74, 6) is -2.63. The number of carbonyl (C=O) groups excluding carboxylic acids is 1. The van der Waals surface area contributed by atoms with Crippen LogP contribution in [-0.4, -0.2) is 57.1 Å². The average Bonchev–Trinajstić information content (AvgIpc) is 3.27. The number of nitrogens with one attached hydrogen (secondary N) is 2. The van der Waals surface area contributed by atoms with Gasteiger partial charge in [-0.15, -0.1) is 0 Å². The predicted octanol–water partition coefficient (Wildman–Crippen LogP) is 2.69. The highest BCUT2D eigenvalue weighted by Gasteiger charge is 2.39. The van der Waals surface area contributed by atoms with E-state index in [4.69, 9.17) is 11.6 Å². The van der Waals surface area contributed by atoms with Crippen LogP contribution in [0.5, 0.6) is 0 Å². The summed E-state index contributed by atoms with van der Waals surface area (Å²) in [5.41, 5.74) is 2.87. The minimum Gasteiger partial charge on any atom is -0.480 e. The van der Waals surface area contributed by atoms with E-state index in [9.17, 15) is 24.6 Å². The Morgan fingerprint density at radius 2 is 1.77 bits per heavy atom. The fraction of sp³-hybridized carbons (Fsp3) is 0.227. The Balaban J connectivity index is 1.63. The molecule has 160 valence electrons. The van der Waals surface area contributed by atoms with E-state index >= 15 is 0 Å². The highest BCUT2D eigenvalue weighted by molar-refractivity contribution is 6.31. The molecule has 1 aliphatic rings. The zero-order valence-corrected chi connectivity index (χ0v) is 17.1. The Bertz CT molecular complexity index is 1160. The maximum absolute atomic E-state index is 13.0. The van der Waals surface area contributed by atoms with E-state index < -0.39 is 37.1 Å². The molecule has 31 heavy (non-hydrogen) atoms. The SMILES string of the molecule is O=C(O)CN(CC(=O)O)[C@@H]1c2ccccc2C[C@H]1NC(=O)c1cc2cc(Cl)ccc2[nH]1. The number of carboxylic acids is 2. The van der Waals surface area contributed by atoms with Crippen molar-refractivity contribution in [2.24, 2.45) is 0 Å². The van der Waals surface area contributed by atoms with Crippen molar-refractivity contribution in [2.45, 2.75) is 18.5 Å². The maximum Gasteiger partial charge on any atom is 0.317 e. The second-order valence-corrected chi connectivity index (χ2v) is 7.97. The third kappa shape index (κ3) is 4.40. The number of benzene rings is 2.